The van der Waals surface area contributed by atoms with Crippen LogP contribution in [0.3, 0.4) is 0 Å². The summed E-state index contributed by atoms with van der Waals surface area (Å²) in [5, 5.41) is 12.6. The summed E-state index contributed by atoms with van der Waals surface area (Å²) in [6.07, 6.45) is 1.57. The number of amides is 1. The number of nitriles is 1. The van der Waals surface area contributed by atoms with Gasteiger partial charge in [0.15, 0.2) is 0 Å². The van der Waals surface area contributed by atoms with Crippen LogP contribution < -0.4 is 5.32 Å². The van der Waals surface area contributed by atoms with Gasteiger partial charge in [0.05, 0.1) is 0 Å². The van der Waals surface area contributed by atoms with E-state index in [1.165, 1.54) is 5.56 Å². The molecule has 0 aromatic heterocycles. The van der Waals surface area contributed by atoms with Crippen LogP contribution in [0.5, 0.6) is 0 Å². The zero-order valence-electron chi connectivity index (χ0n) is 15.1. The fraction of sp³-hybridized carbons (Fsp3) is 0.0435. The van der Waals surface area contributed by atoms with Gasteiger partial charge in [-0.2, -0.15) is 5.26 Å². The van der Waals surface area contributed by atoms with Crippen LogP contribution in [0.15, 0.2) is 88.2 Å². The molecule has 0 aliphatic rings. The van der Waals surface area contributed by atoms with E-state index in [2.05, 4.69) is 36.5 Å². The van der Waals surface area contributed by atoms with Crippen molar-refractivity contribution in [1.29, 1.82) is 5.26 Å². The van der Waals surface area contributed by atoms with E-state index < -0.39 is 5.91 Å². The van der Waals surface area contributed by atoms with Crippen molar-refractivity contribution in [1.82, 2.24) is 0 Å². The van der Waals surface area contributed by atoms with Gasteiger partial charge in [0.2, 0.25) is 0 Å². The molecule has 0 radical (unpaired) electrons. The second kappa shape index (κ2) is 9.27. The maximum Gasteiger partial charge on any atom is 0.266 e. The fourth-order valence-electron chi connectivity index (χ4n) is 2.42. The van der Waals surface area contributed by atoms with Gasteiger partial charge >= 0.3 is 0 Å². The maximum absolute atomic E-state index is 12.3. The topological polar surface area (TPSA) is 52.9 Å². The third-order valence-corrected chi connectivity index (χ3v) is 5.18. The van der Waals surface area contributed by atoms with Crippen molar-refractivity contribution in [3.63, 3.8) is 0 Å². The van der Waals surface area contributed by atoms with Crippen LogP contribution in [0, 0.1) is 18.3 Å². The van der Waals surface area contributed by atoms with Gasteiger partial charge < -0.3 is 5.32 Å². The summed E-state index contributed by atoms with van der Waals surface area (Å²) in [5.74, 6) is -0.456. The molecule has 0 spiro atoms. The van der Waals surface area contributed by atoms with Crippen molar-refractivity contribution in [3.05, 3.63) is 94.5 Å². The summed E-state index contributed by atoms with van der Waals surface area (Å²) in [6, 6.07) is 24.8. The molecule has 0 unspecified atom stereocenters. The molecule has 3 aromatic rings. The van der Waals surface area contributed by atoms with Crippen molar-refractivity contribution in [2.24, 2.45) is 0 Å². The molecule has 0 saturated carbocycles. The van der Waals surface area contributed by atoms with Crippen LogP contribution in [0.2, 0.25) is 5.02 Å². The van der Waals surface area contributed by atoms with E-state index in [0.717, 1.165) is 15.4 Å². The quantitative estimate of drug-likeness (QED) is 0.398. The second-order valence-electron chi connectivity index (χ2n) is 6.11. The number of halogens is 1. The molecule has 1 amide bonds. The van der Waals surface area contributed by atoms with Gasteiger partial charge in [0.25, 0.3) is 5.91 Å². The minimum atomic E-state index is -0.456. The van der Waals surface area contributed by atoms with Crippen molar-refractivity contribution in [2.75, 3.05) is 5.32 Å². The molecule has 0 saturated heterocycles. The number of nitrogens with zero attached hydrogens (tertiary/aromatic N) is 1. The van der Waals surface area contributed by atoms with E-state index in [1.54, 1.807) is 42.1 Å². The predicted octanol–water partition coefficient (Wildman–Crippen LogP) is 6.35. The molecule has 0 heterocycles. The highest BCUT2D eigenvalue weighted by Gasteiger charge is 2.09. The number of aryl methyl sites for hydroxylation is 1. The number of anilines is 1. The summed E-state index contributed by atoms with van der Waals surface area (Å²) < 4.78 is 0. The van der Waals surface area contributed by atoms with Crippen molar-refractivity contribution < 1.29 is 4.79 Å². The summed E-state index contributed by atoms with van der Waals surface area (Å²) in [7, 11) is 0. The first-order valence-corrected chi connectivity index (χ1v) is 9.76. The van der Waals surface area contributed by atoms with E-state index in [4.69, 9.17) is 11.6 Å². The second-order valence-corrected chi connectivity index (χ2v) is 7.70. The van der Waals surface area contributed by atoms with Gasteiger partial charge in [-0.3, -0.25) is 4.79 Å². The molecule has 0 aliphatic heterocycles. The van der Waals surface area contributed by atoms with E-state index in [-0.39, 0.29) is 5.57 Å². The van der Waals surface area contributed by atoms with Crippen LogP contribution in [-0.2, 0) is 4.79 Å². The lowest BCUT2D eigenvalue weighted by Gasteiger charge is -2.05. The number of nitrogens with one attached hydrogen (secondary N) is 1. The monoisotopic (exact) mass is 404 g/mol. The number of carbonyl (C=O) groups is 1. The average Bonchev–Trinajstić information content (AvgIpc) is 2.71. The van der Waals surface area contributed by atoms with Crippen molar-refractivity contribution in [3.8, 4) is 6.07 Å². The molecule has 0 bridgehead atoms. The molecule has 138 valence electrons. The number of hydrogen-bond donors (Lipinski definition) is 1. The molecule has 3 aromatic carbocycles. The Kier molecular flexibility index (Phi) is 6.54. The minimum absolute atomic E-state index is 0.0360. The fourth-order valence-corrected chi connectivity index (χ4v) is 3.36. The zero-order valence-corrected chi connectivity index (χ0v) is 16.7. The van der Waals surface area contributed by atoms with Crippen molar-refractivity contribution >= 4 is 41.0 Å². The first kappa shape index (κ1) is 19.8. The molecule has 0 aliphatic carbocycles. The number of carbonyl (C=O) groups excluding carboxylic acids is 1. The molecule has 3 nitrogen and oxygen atoms in total. The van der Waals surface area contributed by atoms with E-state index >= 15 is 0 Å². The normalized spacial score (nSPS) is 11.0. The Morgan fingerprint density at radius 3 is 2.11 bits per heavy atom. The molecule has 0 atom stereocenters. The Bertz CT molecular complexity index is 1030. The van der Waals surface area contributed by atoms with Crippen LogP contribution in [0.4, 0.5) is 5.69 Å². The lowest BCUT2D eigenvalue weighted by atomic mass is 10.1. The third-order valence-electron chi connectivity index (χ3n) is 3.91. The van der Waals surface area contributed by atoms with E-state index in [0.29, 0.717) is 10.7 Å². The van der Waals surface area contributed by atoms with E-state index in [9.17, 15) is 10.1 Å². The van der Waals surface area contributed by atoms with Crippen LogP contribution in [0.25, 0.3) is 6.08 Å². The van der Waals surface area contributed by atoms with Crippen LogP contribution in [-0.4, -0.2) is 5.91 Å². The third kappa shape index (κ3) is 5.50. The van der Waals surface area contributed by atoms with Crippen molar-refractivity contribution in [2.45, 2.75) is 16.7 Å². The molecular formula is C23H17ClN2OS. The molecule has 3 rings (SSSR count). The first-order valence-electron chi connectivity index (χ1n) is 8.57. The SMILES string of the molecule is Cc1ccc(Sc2ccc(/C=C(/C#N)C(=O)Nc3ccc(Cl)cc3)cc2)cc1. The Morgan fingerprint density at radius 1 is 0.964 bits per heavy atom. The standard InChI is InChI=1S/C23H17ClN2OS/c1-16-2-10-21(11-3-16)28-22-12-4-17(5-13-22)14-18(15-25)23(27)26-20-8-6-19(24)7-9-20/h2-14H,1H3,(H,26,27)/b18-14-. The summed E-state index contributed by atoms with van der Waals surface area (Å²) >= 11 is 7.50. The Balaban J connectivity index is 1.69. The number of hydrogen-bond acceptors (Lipinski definition) is 3. The zero-order chi connectivity index (χ0) is 19.9. The van der Waals surface area contributed by atoms with Gasteiger partial charge in [0, 0.05) is 20.5 Å². The van der Waals surface area contributed by atoms with Gasteiger partial charge in [-0.15, -0.1) is 0 Å². The first-order chi connectivity index (χ1) is 13.5. The lowest BCUT2D eigenvalue weighted by molar-refractivity contribution is -0.112. The summed E-state index contributed by atoms with van der Waals surface area (Å²) in [5.41, 5.74) is 2.64. The van der Waals surface area contributed by atoms with Gasteiger partial charge in [-0.05, 0) is 67.1 Å². The molecule has 28 heavy (non-hydrogen) atoms. The summed E-state index contributed by atoms with van der Waals surface area (Å²) in [6.45, 7) is 2.06. The Labute approximate surface area is 173 Å². The number of benzene rings is 3. The van der Waals surface area contributed by atoms with Gasteiger partial charge in [-0.25, -0.2) is 0 Å². The lowest BCUT2D eigenvalue weighted by Crippen LogP contribution is -2.13. The molecule has 0 fully saturated rings. The highest BCUT2D eigenvalue weighted by atomic mass is 35.5. The molecule has 1 N–H and O–H groups in total. The highest BCUT2D eigenvalue weighted by molar-refractivity contribution is 7.99. The maximum atomic E-state index is 12.3. The van der Waals surface area contributed by atoms with Crippen LogP contribution >= 0.6 is 23.4 Å². The predicted molar refractivity (Wildman–Crippen MR) is 115 cm³/mol. The molecular weight excluding hydrogens is 388 g/mol. The highest BCUT2D eigenvalue weighted by Crippen LogP contribution is 2.28. The average molecular weight is 405 g/mol. The van der Waals surface area contributed by atoms with Crippen LogP contribution in [0.1, 0.15) is 11.1 Å². The molecule has 5 heteroatoms. The van der Waals surface area contributed by atoms with Gasteiger partial charge in [-0.1, -0.05) is 53.2 Å². The number of rotatable bonds is 5. The van der Waals surface area contributed by atoms with E-state index in [1.807, 2.05) is 30.3 Å². The Hall–Kier alpha value is -3.00. The van der Waals surface area contributed by atoms with Gasteiger partial charge in [0.1, 0.15) is 11.6 Å². The largest absolute Gasteiger partial charge is 0.321 e. The summed E-state index contributed by atoms with van der Waals surface area (Å²) in [4.78, 5) is 14.6. The smallest absolute Gasteiger partial charge is 0.266 e. The minimum Gasteiger partial charge on any atom is -0.321 e. The Morgan fingerprint density at radius 2 is 1.54 bits per heavy atom.